The van der Waals surface area contributed by atoms with E-state index in [9.17, 15) is 23.6 Å². The van der Waals surface area contributed by atoms with Gasteiger partial charge in [0.2, 0.25) is 10.0 Å². The molecule has 0 aliphatic carbocycles. The predicted octanol–water partition coefficient (Wildman–Crippen LogP) is -0.402. The maximum atomic E-state index is 12.1. The summed E-state index contributed by atoms with van der Waals surface area (Å²) in [6.07, 6.45) is 0.423. The normalized spacial score (nSPS) is 22.9. The van der Waals surface area contributed by atoms with Crippen molar-refractivity contribution in [1.29, 1.82) is 0 Å². The van der Waals surface area contributed by atoms with Crippen molar-refractivity contribution in [3.05, 3.63) is 34.4 Å². The van der Waals surface area contributed by atoms with Crippen LogP contribution in [0.2, 0.25) is 0 Å². The number of sulfonamides is 1. The van der Waals surface area contributed by atoms with Crippen LogP contribution in [0, 0.1) is 10.1 Å². The number of β-amino-alcohol motifs (C(OH)–C–C–N with tert-alkyl or cyclic N) is 1. The van der Waals surface area contributed by atoms with Gasteiger partial charge in [-0.2, -0.15) is 0 Å². The molecule has 0 bridgehead atoms. The van der Waals surface area contributed by atoms with Gasteiger partial charge in [0, 0.05) is 19.2 Å². The number of hydrogen-bond acceptors (Lipinski definition) is 6. The zero-order chi connectivity index (χ0) is 14.8. The minimum Gasteiger partial charge on any atom is -0.387 e. The average molecular weight is 301 g/mol. The lowest BCUT2D eigenvalue weighted by Gasteiger charge is -2.21. The van der Waals surface area contributed by atoms with Crippen LogP contribution in [0.4, 0.5) is 5.69 Å². The van der Waals surface area contributed by atoms with Crippen LogP contribution in [0.25, 0.3) is 0 Å². The number of aliphatic hydroxyl groups is 1. The average Bonchev–Trinajstić information content (AvgIpc) is 2.84. The molecule has 0 spiro atoms. The summed E-state index contributed by atoms with van der Waals surface area (Å²) in [6.45, 7) is 0.699. The summed E-state index contributed by atoms with van der Waals surface area (Å²) in [5.74, 6) is 0. The first-order chi connectivity index (χ1) is 9.34. The zero-order valence-corrected chi connectivity index (χ0v) is 11.4. The molecule has 20 heavy (non-hydrogen) atoms. The fourth-order valence-corrected chi connectivity index (χ4v) is 3.31. The van der Waals surface area contributed by atoms with E-state index in [0.717, 1.165) is 12.1 Å². The number of hydrogen-bond donors (Lipinski definition) is 3. The first-order valence-corrected chi connectivity index (χ1v) is 7.49. The van der Waals surface area contributed by atoms with Crippen LogP contribution >= 0.6 is 0 Å². The fourth-order valence-electron chi connectivity index (χ4n) is 2.02. The van der Waals surface area contributed by atoms with Crippen molar-refractivity contribution in [2.45, 2.75) is 16.9 Å². The summed E-state index contributed by atoms with van der Waals surface area (Å²) in [7, 11) is -4.04. The lowest BCUT2D eigenvalue weighted by atomic mass is 10.1. The molecule has 1 aliphatic heterocycles. The molecule has 1 atom stereocenters. The summed E-state index contributed by atoms with van der Waals surface area (Å²) < 4.78 is 26.4. The highest BCUT2D eigenvalue weighted by Crippen LogP contribution is 2.23. The molecule has 0 radical (unpaired) electrons. The number of nitrogens with zero attached hydrogens (tertiary/aromatic N) is 1. The molecule has 0 amide bonds. The maximum Gasteiger partial charge on any atom is 0.289 e. The SMILES string of the molecule is O=[N+]([O-])c1ccccc1S(=O)(=O)NCC1(O)CCNC1. The third-order valence-corrected chi connectivity index (χ3v) is 4.61. The second-order valence-electron chi connectivity index (χ2n) is 4.70. The van der Waals surface area contributed by atoms with E-state index >= 15 is 0 Å². The number of nitro benzene ring substituents is 1. The summed E-state index contributed by atoms with van der Waals surface area (Å²) in [5.41, 5.74) is -1.65. The summed E-state index contributed by atoms with van der Waals surface area (Å²) in [5, 5.41) is 23.8. The van der Waals surface area contributed by atoms with Crippen LogP contribution < -0.4 is 10.0 Å². The van der Waals surface area contributed by atoms with E-state index < -0.39 is 31.1 Å². The lowest BCUT2D eigenvalue weighted by molar-refractivity contribution is -0.387. The summed E-state index contributed by atoms with van der Waals surface area (Å²) in [4.78, 5) is 9.69. The van der Waals surface area contributed by atoms with Gasteiger partial charge in [0.15, 0.2) is 4.90 Å². The number of nitro groups is 1. The van der Waals surface area contributed by atoms with Crippen molar-refractivity contribution < 1.29 is 18.4 Å². The summed E-state index contributed by atoms with van der Waals surface area (Å²) >= 11 is 0. The Balaban J connectivity index is 2.20. The molecular weight excluding hydrogens is 286 g/mol. The van der Waals surface area contributed by atoms with Gasteiger partial charge in [0.25, 0.3) is 5.69 Å². The van der Waals surface area contributed by atoms with Gasteiger partial charge in [0.05, 0.1) is 10.5 Å². The number of benzene rings is 1. The molecule has 8 nitrogen and oxygen atoms in total. The predicted molar refractivity (Wildman–Crippen MR) is 70.7 cm³/mol. The van der Waals surface area contributed by atoms with E-state index in [0.29, 0.717) is 13.0 Å². The zero-order valence-electron chi connectivity index (χ0n) is 10.6. The molecule has 1 fully saturated rings. The van der Waals surface area contributed by atoms with E-state index in [1.165, 1.54) is 12.1 Å². The molecule has 1 aromatic rings. The van der Waals surface area contributed by atoms with Crippen LogP contribution in [-0.2, 0) is 10.0 Å². The van der Waals surface area contributed by atoms with Gasteiger partial charge in [-0.3, -0.25) is 10.1 Å². The number of rotatable bonds is 5. The monoisotopic (exact) mass is 301 g/mol. The molecule has 9 heteroatoms. The van der Waals surface area contributed by atoms with E-state index in [-0.39, 0.29) is 13.1 Å². The smallest absolute Gasteiger partial charge is 0.289 e. The van der Waals surface area contributed by atoms with Gasteiger partial charge in [-0.25, -0.2) is 13.1 Å². The van der Waals surface area contributed by atoms with E-state index in [4.69, 9.17) is 0 Å². The van der Waals surface area contributed by atoms with E-state index in [2.05, 4.69) is 10.0 Å². The Bertz CT molecular complexity index is 610. The molecule has 1 unspecified atom stereocenters. The van der Waals surface area contributed by atoms with Gasteiger partial charge in [-0.1, -0.05) is 12.1 Å². The molecule has 110 valence electrons. The lowest BCUT2D eigenvalue weighted by Crippen LogP contribution is -2.44. The van der Waals surface area contributed by atoms with Crippen LogP contribution in [0.3, 0.4) is 0 Å². The van der Waals surface area contributed by atoms with Crippen molar-refractivity contribution >= 4 is 15.7 Å². The molecular formula is C11H15N3O5S. The fraction of sp³-hybridized carbons (Fsp3) is 0.455. The molecule has 1 aliphatic rings. The molecule has 3 N–H and O–H groups in total. The van der Waals surface area contributed by atoms with Crippen LogP contribution in [-0.4, -0.2) is 43.7 Å². The molecule has 1 aromatic carbocycles. The van der Waals surface area contributed by atoms with Crippen LogP contribution in [0.5, 0.6) is 0 Å². The van der Waals surface area contributed by atoms with Crippen molar-refractivity contribution in [2.24, 2.45) is 0 Å². The largest absolute Gasteiger partial charge is 0.387 e. The van der Waals surface area contributed by atoms with Crippen molar-refractivity contribution in [2.75, 3.05) is 19.6 Å². The van der Waals surface area contributed by atoms with Gasteiger partial charge in [-0.05, 0) is 19.0 Å². The Morgan fingerprint density at radius 1 is 1.45 bits per heavy atom. The van der Waals surface area contributed by atoms with E-state index in [1.54, 1.807) is 0 Å². The van der Waals surface area contributed by atoms with Crippen molar-refractivity contribution in [3.63, 3.8) is 0 Å². The minimum atomic E-state index is -4.04. The Labute approximate surface area is 116 Å². The van der Waals surface area contributed by atoms with E-state index in [1.807, 2.05) is 0 Å². The second kappa shape index (κ2) is 5.44. The highest BCUT2D eigenvalue weighted by molar-refractivity contribution is 7.89. The van der Waals surface area contributed by atoms with Gasteiger partial charge in [-0.15, -0.1) is 0 Å². The Morgan fingerprint density at radius 3 is 2.75 bits per heavy atom. The van der Waals surface area contributed by atoms with Gasteiger partial charge in [0.1, 0.15) is 0 Å². The third kappa shape index (κ3) is 3.12. The molecule has 1 heterocycles. The van der Waals surface area contributed by atoms with Crippen LogP contribution in [0.15, 0.2) is 29.2 Å². The molecule has 0 aromatic heterocycles. The van der Waals surface area contributed by atoms with Gasteiger partial charge < -0.3 is 10.4 Å². The molecule has 2 rings (SSSR count). The Morgan fingerprint density at radius 2 is 2.15 bits per heavy atom. The highest BCUT2D eigenvalue weighted by atomic mass is 32.2. The number of nitrogens with one attached hydrogen (secondary N) is 2. The number of para-hydroxylation sites is 1. The minimum absolute atomic E-state index is 0.186. The van der Waals surface area contributed by atoms with Crippen molar-refractivity contribution in [3.8, 4) is 0 Å². The summed E-state index contributed by atoms with van der Waals surface area (Å²) in [6, 6.07) is 5.09. The maximum absolute atomic E-state index is 12.1. The standard InChI is InChI=1S/C11H15N3O5S/c15-11(5-6-12-7-11)8-13-20(18,19)10-4-2-1-3-9(10)14(16)17/h1-4,12-13,15H,5-8H2. The first-order valence-electron chi connectivity index (χ1n) is 6.00. The molecule has 0 saturated carbocycles. The Hall–Kier alpha value is -1.55. The Kier molecular flexibility index (Phi) is 4.04. The highest BCUT2D eigenvalue weighted by Gasteiger charge is 2.34. The first kappa shape index (κ1) is 14.9. The van der Waals surface area contributed by atoms with Crippen molar-refractivity contribution in [1.82, 2.24) is 10.0 Å². The quantitative estimate of drug-likeness (QED) is 0.502. The topological polar surface area (TPSA) is 122 Å². The van der Waals surface area contributed by atoms with Gasteiger partial charge >= 0.3 is 0 Å². The molecule has 1 saturated heterocycles. The second-order valence-corrected chi connectivity index (χ2v) is 6.44. The van der Waals surface area contributed by atoms with Crippen LogP contribution in [0.1, 0.15) is 6.42 Å². The third-order valence-electron chi connectivity index (χ3n) is 3.16.